The molecule has 0 spiro atoms. The molecule has 1 aliphatic carbocycles. The quantitative estimate of drug-likeness (QED) is 0.751. The Morgan fingerprint density at radius 2 is 1.94 bits per heavy atom. The molecule has 1 aliphatic rings. The normalized spacial score (nSPS) is 16.7. The molecular formula is C14H19N3. The van der Waals surface area contributed by atoms with E-state index in [-0.39, 0.29) is 5.41 Å². The highest BCUT2D eigenvalue weighted by Gasteiger charge is 2.29. The van der Waals surface area contributed by atoms with Crippen molar-refractivity contribution in [3.63, 3.8) is 0 Å². The van der Waals surface area contributed by atoms with Crippen molar-refractivity contribution in [3.05, 3.63) is 29.2 Å². The summed E-state index contributed by atoms with van der Waals surface area (Å²) in [6, 6.07) is 4.32. The summed E-state index contributed by atoms with van der Waals surface area (Å²) in [5, 5.41) is 4.55. The lowest BCUT2D eigenvalue weighted by Crippen LogP contribution is -2.15. The van der Waals surface area contributed by atoms with Gasteiger partial charge in [0.1, 0.15) is 0 Å². The van der Waals surface area contributed by atoms with E-state index in [1.165, 1.54) is 24.2 Å². The molecular weight excluding hydrogens is 210 g/mol. The predicted octanol–water partition coefficient (Wildman–Crippen LogP) is 3.21. The Morgan fingerprint density at radius 3 is 2.53 bits per heavy atom. The van der Waals surface area contributed by atoms with E-state index in [1.807, 2.05) is 11.4 Å². The Kier molecular flexibility index (Phi) is 2.09. The van der Waals surface area contributed by atoms with Gasteiger partial charge >= 0.3 is 0 Å². The van der Waals surface area contributed by atoms with Gasteiger partial charge in [0.05, 0.1) is 11.4 Å². The first-order valence-corrected chi connectivity index (χ1v) is 6.33. The molecule has 0 amide bonds. The summed E-state index contributed by atoms with van der Waals surface area (Å²) in [6.45, 7) is 8.67. The van der Waals surface area contributed by atoms with Crippen molar-refractivity contribution in [1.82, 2.24) is 14.6 Å². The fourth-order valence-corrected chi connectivity index (χ4v) is 2.17. The topological polar surface area (TPSA) is 30.2 Å². The van der Waals surface area contributed by atoms with Crippen LogP contribution < -0.4 is 0 Å². The molecule has 2 aromatic heterocycles. The summed E-state index contributed by atoms with van der Waals surface area (Å²) in [5.41, 5.74) is 4.66. The lowest BCUT2D eigenvalue weighted by atomic mass is 9.91. The molecule has 0 unspecified atom stereocenters. The molecule has 3 rings (SSSR count). The monoisotopic (exact) mass is 229 g/mol. The third-order valence-corrected chi connectivity index (χ3v) is 3.34. The van der Waals surface area contributed by atoms with E-state index in [9.17, 15) is 0 Å². The maximum atomic E-state index is 4.74. The van der Waals surface area contributed by atoms with Crippen LogP contribution in [-0.2, 0) is 5.41 Å². The van der Waals surface area contributed by atoms with E-state index in [4.69, 9.17) is 4.98 Å². The van der Waals surface area contributed by atoms with Crippen LogP contribution in [0, 0.1) is 6.92 Å². The zero-order valence-corrected chi connectivity index (χ0v) is 11.0. The minimum Gasteiger partial charge on any atom is -0.233 e. The van der Waals surface area contributed by atoms with Crippen LogP contribution in [0.4, 0.5) is 0 Å². The zero-order valence-electron chi connectivity index (χ0n) is 11.0. The van der Waals surface area contributed by atoms with Crippen molar-refractivity contribution in [2.24, 2.45) is 0 Å². The molecule has 3 nitrogen and oxygen atoms in total. The highest BCUT2D eigenvalue weighted by atomic mass is 15.3. The van der Waals surface area contributed by atoms with Crippen molar-refractivity contribution >= 4 is 5.65 Å². The second kappa shape index (κ2) is 3.31. The van der Waals surface area contributed by atoms with Crippen molar-refractivity contribution in [2.75, 3.05) is 0 Å². The van der Waals surface area contributed by atoms with Gasteiger partial charge in [-0.1, -0.05) is 20.8 Å². The van der Waals surface area contributed by atoms with Crippen LogP contribution in [0.1, 0.15) is 56.6 Å². The van der Waals surface area contributed by atoms with Gasteiger partial charge in [0, 0.05) is 23.1 Å². The average molecular weight is 229 g/mol. The minimum absolute atomic E-state index is 0.101. The molecule has 0 aliphatic heterocycles. The van der Waals surface area contributed by atoms with Crippen molar-refractivity contribution < 1.29 is 0 Å². The van der Waals surface area contributed by atoms with Crippen LogP contribution >= 0.6 is 0 Å². The zero-order chi connectivity index (χ0) is 12.2. The van der Waals surface area contributed by atoms with E-state index in [2.05, 4.69) is 38.0 Å². The fraction of sp³-hybridized carbons (Fsp3) is 0.571. The van der Waals surface area contributed by atoms with Gasteiger partial charge in [-0.3, -0.25) is 0 Å². The number of hydrogen-bond acceptors (Lipinski definition) is 2. The van der Waals surface area contributed by atoms with E-state index < -0.39 is 0 Å². The van der Waals surface area contributed by atoms with Crippen molar-refractivity contribution in [2.45, 2.75) is 51.9 Å². The van der Waals surface area contributed by atoms with Gasteiger partial charge in [0.2, 0.25) is 0 Å². The van der Waals surface area contributed by atoms with Crippen LogP contribution in [0.3, 0.4) is 0 Å². The molecule has 2 aromatic rings. The van der Waals surface area contributed by atoms with Crippen LogP contribution in [0.5, 0.6) is 0 Å². The van der Waals surface area contributed by atoms with Crippen LogP contribution in [0.15, 0.2) is 12.1 Å². The Hall–Kier alpha value is -1.38. The Balaban J connectivity index is 2.26. The van der Waals surface area contributed by atoms with Gasteiger partial charge in [-0.2, -0.15) is 5.10 Å². The van der Waals surface area contributed by atoms with Crippen molar-refractivity contribution in [3.8, 4) is 0 Å². The summed E-state index contributed by atoms with van der Waals surface area (Å²) in [6.07, 6.45) is 2.59. The second-order valence-corrected chi connectivity index (χ2v) is 6.15. The Morgan fingerprint density at radius 1 is 1.24 bits per heavy atom. The SMILES string of the molecule is Cc1cc2nc(C(C)(C)C)cc(C3CC3)n2n1. The fourth-order valence-electron chi connectivity index (χ4n) is 2.17. The summed E-state index contributed by atoms with van der Waals surface area (Å²) < 4.78 is 2.03. The lowest BCUT2D eigenvalue weighted by molar-refractivity contribution is 0.565. The van der Waals surface area contributed by atoms with Gasteiger partial charge in [-0.15, -0.1) is 0 Å². The maximum Gasteiger partial charge on any atom is 0.155 e. The highest BCUT2D eigenvalue weighted by Crippen LogP contribution is 2.41. The molecule has 17 heavy (non-hydrogen) atoms. The van der Waals surface area contributed by atoms with Gasteiger partial charge in [-0.05, 0) is 25.8 Å². The second-order valence-electron chi connectivity index (χ2n) is 6.15. The van der Waals surface area contributed by atoms with Crippen LogP contribution in [0.2, 0.25) is 0 Å². The third-order valence-electron chi connectivity index (χ3n) is 3.34. The summed E-state index contributed by atoms with van der Waals surface area (Å²) in [4.78, 5) is 4.74. The largest absolute Gasteiger partial charge is 0.233 e. The number of nitrogens with zero attached hydrogens (tertiary/aromatic N) is 3. The Labute approximate surface area is 102 Å². The smallest absolute Gasteiger partial charge is 0.155 e. The molecule has 0 radical (unpaired) electrons. The van der Waals surface area contributed by atoms with E-state index in [1.54, 1.807) is 0 Å². The first-order chi connectivity index (χ1) is 7.95. The van der Waals surface area contributed by atoms with E-state index >= 15 is 0 Å². The summed E-state index contributed by atoms with van der Waals surface area (Å²) in [5.74, 6) is 0.695. The maximum absolute atomic E-state index is 4.74. The first kappa shape index (κ1) is 10.8. The van der Waals surface area contributed by atoms with Gasteiger partial charge in [0.15, 0.2) is 5.65 Å². The van der Waals surface area contributed by atoms with E-state index in [0.717, 1.165) is 11.3 Å². The van der Waals surface area contributed by atoms with Gasteiger partial charge in [0.25, 0.3) is 0 Å². The summed E-state index contributed by atoms with van der Waals surface area (Å²) in [7, 11) is 0. The molecule has 1 saturated carbocycles. The highest BCUT2D eigenvalue weighted by molar-refractivity contribution is 5.44. The average Bonchev–Trinajstić information content (AvgIpc) is 2.97. The standard InChI is InChI=1S/C14H19N3/c1-9-7-13-15-12(14(2,3)4)8-11(10-5-6-10)17(13)16-9/h7-8,10H,5-6H2,1-4H3. The van der Waals surface area contributed by atoms with Crippen molar-refractivity contribution in [1.29, 1.82) is 0 Å². The number of hydrogen-bond donors (Lipinski definition) is 0. The van der Waals surface area contributed by atoms with Gasteiger partial charge < -0.3 is 0 Å². The Bertz CT molecular complexity index is 571. The number of fused-ring (bicyclic) bond motifs is 1. The molecule has 1 fully saturated rings. The third kappa shape index (κ3) is 1.84. The van der Waals surface area contributed by atoms with Crippen LogP contribution in [-0.4, -0.2) is 14.6 Å². The van der Waals surface area contributed by atoms with Gasteiger partial charge in [-0.25, -0.2) is 9.50 Å². The number of rotatable bonds is 1. The summed E-state index contributed by atoms with van der Waals surface area (Å²) >= 11 is 0. The first-order valence-electron chi connectivity index (χ1n) is 6.33. The molecule has 0 aromatic carbocycles. The molecule has 0 saturated heterocycles. The van der Waals surface area contributed by atoms with Crippen LogP contribution in [0.25, 0.3) is 5.65 Å². The minimum atomic E-state index is 0.101. The number of aryl methyl sites for hydroxylation is 1. The molecule has 2 heterocycles. The molecule has 3 heteroatoms. The van der Waals surface area contributed by atoms with E-state index in [0.29, 0.717) is 5.92 Å². The molecule has 0 bridgehead atoms. The molecule has 0 atom stereocenters. The number of aromatic nitrogens is 3. The molecule has 90 valence electrons. The molecule has 0 N–H and O–H groups in total. The predicted molar refractivity (Wildman–Crippen MR) is 68.4 cm³/mol. The lowest BCUT2D eigenvalue weighted by Gasteiger charge is -2.19.